The molecule has 10 heteroatoms. The van der Waals surface area contributed by atoms with E-state index in [-0.39, 0.29) is 23.8 Å². The van der Waals surface area contributed by atoms with E-state index >= 15 is 0 Å². The Morgan fingerprint density at radius 2 is 1.34 bits per heavy atom. The quantitative estimate of drug-likeness (QED) is 0.180. The maximum atomic E-state index is 14.5. The summed E-state index contributed by atoms with van der Waals surface area (Å²) in [5, 5.41) is 3.04. The molecule has 230 valence electrons. The van der Waals surface area contributed by atoms with Crippen molar-refractivity contribution in [2.45, 2.75) is 50.2 Å². The van der Waals surface area contributed by atoms with Crippen molar-refractivity contribution < 1.29 is 18.0 Å². The highest BCUT2D eigenvalue weighted by molar-refractivity contribution is 9.10. The van der Waals surface area contributed by atoms with E-state index in [0.717, 1.165) is 19.9 Å². The zero-order valence-electron chi connectivity index (χ0n) is 24.8. The minimum absolute atomic E-state index is 0.0534. The summed E-state index contributed by atoms with van der Waals surface area (Å²) in [6.45, 7) is 5.21. The molecule has 0 bridgehead atoms. The van der Waals surface area contributed by atoms with Crippen LogP contribution in [-0.4, -0.2) is 43.3 Å². The Labute approximate surface area is 276 Å². The second-order valence-electron chi connectivity index (χ2n) is 11.4. The van der Waals surface area contributed by atoms with Crippen LogP contribution >= 0.6 is 31.9 Å². The summed E-state index contributed by atoms with van der Waals surface area (Å²) >= 11 is 6.94. The van der Waals surface area contributed by atoms with Crippen LogP contribution in [0.25, 0.3) is 0 Å². The molecule has 0 spiro atoms. The Morgan fingerprint density at radius 3 is 1.93 bits per heavy atom. The van der Waals surface area contributed by atoms with Gasteiger partial charge in [-0.15, -0.1) is 0 Å². The van der Waals surface area contributed by atoms with Crippen LogP contribution in [0, 0.1) is 0 Å². The van der Waals surface area contributed by atoms with Gasteiger partial charge in [0.15, 0.2) is 0 Å². The van der Waals surface area contributed by atoms with Gasteiger partial charge >= 0.3 is 0 Å². The molecular weight excluding hydrogens is 706 g/mol. The normalized spacial score (nSPS) is 12.3. The second-order valence-corrected chi connectivity index (χ2v) is 15.1. The molecule has 1 N–H and O–H groups in total. The molecule has 0 fully saturated rings. The van der Waals surface area contributed by atoms with Gasteiger partial charge in [-0.3, -0.25) is 13.9 Å². The molecule has 0 saturated carbocycles. The van der Waals surface area contributed by atoms with Gasteiger partial charge in [-0.2, -0.15) is 0 Å². The fourth-order valence-corrected chi connectivity index (χ4v) is 6.98. The van der Waals surface area contributed by atoms with Gasteiger partial charge in [-0.1, -0.05) is 98.6 Å². The van der Waals surface area contributed by atoms with Gasteiger partial charge in [-0.05, 0) is 74.4 Å². The predicted octanol–water partition coefficient (Wildman–Crippen LogP) is 6.96. The lowest BCUT2D eigenvalue weighted by Gasteiger charge is -2.35. The zero-order chi connectivity index (χ0) is 31.9. The van der Waals surface area contributed by atoms with Crippen molar-refractivity contribution in [3.05, 3.63) is 129 Å². The highest BCUT2D eigenvalue weighted by atomic mass is 79.9. The predicted molar refractivity (Wildman–Crippen MR) is 182 cm³/mol. The van der Waals surface area contributed by atoms with Crippen molar-refractivity contribution in [2.24, 2.45) is 0 Å². The van der Waals surface area contributed by atoms with Crippen LogP contribution in [0.1, 0.15) is 31.9 Å². The summed E-state index contributed by atoms with van der Waals surface area (Å²) in [5.41, 5.74) is 1.41. The van der Waals surface area contributed by atoms with Crippen LogP contribution in [0.5, 0.6) is 0 Å². The molecule has 0 aromatic heterocycles. The van der Waals surface area contributed by atoms with Crippen molar-refractivity contribution >= 4 is 59.4 Å². The standard InChI is InChI=1S/C34H35Br2N3O4S/c1-34(2,3)37-33(41)31(21-25-12-6-4-7-13-25)38(23-26-14-10-15-27(35)20-26)32(40)24-39(29-17-11-16-28(36)22-29)44(42,43)30-18-8-5-9-19-30/h4-20,22,31H,21,23-24H2,1-3H3,(H,37,41). The third-order valence-corrected chi connectivity index (χ3v) is 9.49. The van der Waals surface area contributed by atoms with E-state index < -0.39 is 34.1 Å². The van der Waals surface area contributed by atoms with Crippen LogP contribution in [0.15, 0.2) is 123 Å². The summed E-state index contributed by atoms with van der Waals surface area (Å²) in [7, 11) is -4.16. The van der Waals surface area contributed by atoms with Gasteiger partial charge in [-0.25, -0.2) is 8.42 Å². The van der Waals surface area contributed by atoms with E-state index in [1.807, 2.05) is 75.4 Å². The molecule has 0 aliphatic heterocycles. The number of nitrogens with zero attached hydrogens (tertiary/aromatic N) is 2. The maximum absolute atomic E-state index is 14.5. The molecule has 1 atom stereocenters. The topological polar surface area (TPSA) is 86.8 Å². The number of hydrogen-bond donors (Lipinski definition) is 1. The second kappa shape index (κ2) is 14.5. The van der Waals surface area contributed by atoms with Crippen LogP contribution < -0.4 is 9.62 Å². The van der Waals surface area contributed by atoms with E-state index in [9.17, 15) is 18.0 Å². The molecule has 0 aliphatic carbocycles. The van der Waals surface area contributed by atoms with Crippen LogP contribution in [0.3, 0.4) is 0 Å². The molecule has 1 unspecified atom stereocenters. The number of halogens is 2. The Kier molecular flexibility index (Phi) is 11.0. The third-order valence-electron chi connectivity index (χ3n) is 6.72. The highest BCUT2D eigenvalue weighted by Gasteiger charge is 2.35. The lowest BCUT2D eigenvalue weighted by Crippen LogP contribution is -2.56. The molecule has 4 rings (SSSR count). The van der Waals surface area contributed by atoms with Crippen molar-refractivity contribution in [1.29, 1.82) is 0 Å². The molecule has 7 nitrogen and oxygen atoms in total. The average Bonchev–Trinajstić information content (AvgIpc) is 2.97. The minimum Gasteiger partial charge on any atom is -0.350 e. The molecule has 0 heterocycles. The maximum Gasteiger partial charge on any atom is 0.264 e. The Bertz CT molecular complexity index is 1690. The summed E-state index contributed by atoms with van der Waals surface area (Å²) in [4.78, 5) is 30.0. The number of hydrogen-bond acceptors (Lipinski definition) is 4. The SMILES string of the molecule is CC(C)(C)NC(=O)C(Cc1ccccc1)N(Cc1cccc(Br)c1)C(=O)CN(c1cccc(Br)c1)S(=O)(=O)c1ccccc1. The number of nitrogens with one attached hydrogen (secondary N) is 1. The largest absolute Gasteiger partial charge is 0.350 e. The number of amides is 2. The molecule has 0 aliphatic rings. The minimum atomic E-state index is -4.16. The first-order valence-electron chi connectivity index (χ1n) is 14.1. The van der Waals surface area contributed by atoms with E-state index in [0.29, 0.717) is 10.2 Å². The van der Waals surface area contributed by atoms with Gasteiger partial charge in [0.2, 0.25) is 11.8 Å². The molecule has 0 saturated heterocycles. The number of sulfonamides is 1. The summed E-state index contributed by atoms with van der Waals surface area (Å²) in [5.74, 6) is -0.848. The first-order valence-corrected chi connectivity index (χ1v) is 17.1. The van der Waals surface area contributed by atoms with Crippen LogP contribution in [-0.2, 0) is 32.6 Å². The Balaban J connectivity index is 1.82. The van der Waals surface area contributed by atoms with E-state index in [2.05, 4.69) is 37.2 Å². The number of benzene rings is 4. The van der Waals surface area contributed by atoms with Crippen molar-refractivity contribution in [3.8, 4) is 0 Å². The van der Waals surface area contributed by atoms with Gasteiger partial charge in [0.05, 0.1) is 10.6 Å². The third kappa shape index (κ3) is 9.03. The number of anilines is 1. The van der Waals surface area contributed by atoms with Gasteiger partial charge < -0.3 is 10.2 Å². The Morgan fingerprint density at radius 1 is 0.773 bits per heavy atom. The summed E-state index contributed by atoms with van der Waals surface area (Å²) in [6.07, 6.45) is 0.241. The smallest absolute Gasteiger partial charge is 0.264 e. The molecular formula is C34H35Br2N3O4S. The van der Waals surface area contributed by atoms with E-state index in [1.165, 1.54) is 17.0 Å². The number of rotatable bonds is 11. The molecule has 0 radical (unpaired) electrons. The number of carbonyl (C=O) groups excluding carboxylic acids is 2. The molecule has 2 amide bonds. The fourth-order valence-electron chi connectivity index (χ4n) is 4.72. The average molecular weight is 742 g/mol. The lowest BCUT2D eigenvalue weighted by molar-refractivity contribution is -0.140. The summed E-state index contributed by atoms with van der Waals surface area (Å²) < 4.78 is 30.7. The van der Waals surface area contributed by atoms with Crippen LogP contribution in [0.2, 0.25) is 0 Å². The van der Waals surface area contributed by atoms with E-state index in [1.54, 1.807) is 42.5 Å². The molecule has 4 aromatic rings. The monoisotopic (exact) mass is 739 g/mol. The van der Waals surface area contributed by atoms with Crippen molar-refractivity contribution in [3.63, 3.8) is 0 Å². The van der Waals surface area contributed by atoms with Gasteiger partial charge in [0.1, 0.15) is 12.6 Å². The first kappa shape index (κ1) is 33.4. The highest BCUT2D eigenvalue weighted by Crippen LogP contribution is 2.27. The number of carbonyl (C=O) groups is 2. The molecule has 4 aromatic carbocycles. The van der Waals surface area contributed by atoms with Gasteiger partial charge in [0.25, 0.3) is 10.0 Å². The van der Waals surface area contributed by atoms with E-state index in [4.69, 9.17) is 0 Å². The first-order chi connectivity index (χ1) is 20.8. The van der Waals surface area contributed by atoms with Crippen LogP contribution in [0.4, 0.5) is 5.69 Å². The van der Waals surface area contributed by atoms with Crippen molar-refractivity contribution in [1.82, 2.24) is 10.2 Å². The summed E-state index contributed by atoms with van der Waals surface area (Å²) in [6, 6.07) is 30.9. The van der Waals surface area contributed by atoms with Crippen molar-refractivity contribution in [2.75, 3.05) is 10.8 Å². The zero-order valence-corrected chi connectivity index (χ0v) is 28.8. The fraction of sp³-hybridized carbons (Fsp3) is 0.235. The van der Waals surface area contributed by atoms with Gasteiger partial charge in [0, 0.05) is 27.4 Å². The lowest BCUT2D eigenvalue weighted by atomic mass is 10.0. The Hall–Kier alpha value is -3.47. The molecule has 44 heavy (non-hydrogen) atoms.